The van der Waals surface area contributed by atoms with Gasteiger partial charge in [0.05, 0.1) is 0 Å². The maximum atomic E-state index is 12.0. The molecule has 0 saturated heterocycles. The van der Waals surface area contributed by atoms with E-state index in [1.165, 1.54) is 5.56 Å². The number of aryl methyl sites for hydroxylation is 4. The fourth-order valence-corrected chi connectivity index (χ4v) is 1.70. The molecule has 0 saturated carbocycles. The van der Waals surface area contributed by atoms with Crippen LogP contribution in [0.15, 0.2) is 28.7 Å². The minimum atomic E-state index is -0.213. The third-order valence-electron chi connectivity index (χ3n) is 3.15. The summed E-state index contributed by atoms with van der Waals surface area (Å²) < 4.78 is 5.39. The second-order valence-corrected chi connectivity index (χ2v) is 4.60. The van der Waals surface area contributed by atoms with Crippen LogP contribution in [0.5, 0.6) is 0 Å². The molecule has 2 aromatic rings. The van der Waals surface area contributed by atoms with Crippen molar-refractivity contribution in [3.8, 4) is 0 Å². The number of carbonyl (C=O) groups is 1. The Hall–Kier alpha value is -2.03. The first-order valence-corrected chi connectivity index (χ1v) is 5.93. The van der Waals surface area contributed by atoms with Crippen LogP contribution in [-0.4, -0.2) is 5.91 Å². The second kappa shape index (κ2) is 4.69. The molecule has 0 atom stereocenters. The molecule has 0 aliphatic carbocycles. The van der Waals surface area contributed by atoms with E-state index in [-0.39, 0.29) is 5.91 Å². The molecule has 1 N–H and O–H groups in total. The summed E-state index contributed by atoms with van der Waals surface area (Å²) in [4.78, 5) is 12.0. The topological polar surface area (TPSA) is 42.2 Å². The Balaban J connectivity index is 2.18. The fourth-order valence-electron chi connectivity index (χ4n) is 1.70. The Morgan fingerprint density at radius 1 is 1.00 bits per heavy atom. The van der Waals surface area contributed by atoms with Gasteiger partial charge in [0.15, 0.2) is 5.76 Å². The molecule has 0 aliphatic heterocycles. The van der Waals surface area contributed by atoms with Gasteiger partial charge in [-0.15, -0.1) is 0 Å². The van der Waals surface area contributed by atoms with Crippen molar-refractivity contribution in [1.82, 2.24) is 0 Å². The monoisotopic (exact) mass is 243 g/mol. The van der Waals surface area contributed by atoms with E-state index in [1.54, 1.807) is 6.07 Å². The van der Waals surface area contributed by atoms with Crippen LogP contribution in [0.4, 0.5) is 5.69 Å². The molecule has 3 nitrogen and oxygen atoms in total. The number of hydrogen-bond donors (Lipinski definition) is 1. The Bertz CT molecular complexity index is 577. The highest BCUT2D eigenvalue weighted by Gasteiger charge is 2.12. The van der Waals surface area contributed by atoms with E-state index < -0.39 is 0 Å². The number of furan rings is 1. The van der Waals surface area contributed by atoms with Crippen LogP contribution in [0.25, 0.3) is 0 Å². The average molecular weight is 243 g/mol. The van der Waals surface area contributed by atoms with Gasteiger partial charge in [-0.05, 0) is 62.6 Å². The summed E-state index contributed by atoms with van der Waals surface area (Å²) in [7, 11) is 0. The van der Waals surface area contributed by atoms with Crippen LogP contribution in [0.2, 0.25) is 0 Å². The molecule has 0 radical (unpaired) electrons. The van der Waals surface area contributed by atoms with Crippen LogP contribution < -0.4 is 5.32 Å². The van der Waals surface area contributed by atoms with E-state index in [1.807, 2.05) is 45.9 Å². The van der Waals surface area contributed by atoms with Crippen LogP contribution >= 0.6 is 0 Å². The second-order valence-electron chi connectivity index (χ2n) is 4.60. The molecule has 1 aromatic carbocycles. The molecule has 0 fully saturated rings. The van der Waals surface area contributed by atoms with Crippen molar-refractivity contribution in [3.05, 3.63) is 52.5 Å². The van der Waals surface area contributed by atoms with Gasteiger partial charge in [0.2, 0.25) is 0 Å². The lowest BCUT2D eigenvalue weighted by Crippen LogP contribution is -2.11. The number of carbonyl (C=O) groups excluding carboxylic acids is 1. The highest BCUT2D eigenvalue weighted by molar-refractivity contribution is 6.02. The van der Waals surface area contributed by atoms with Gasteiger partial charge in [-0.2, -0.15) is 0 Å². The number of hydrogen-bond acceptors (Lipinski definition) is 2. The zero-order chi connectivity index (χ0) is 13.3. The highest BCUT2D eigenvalue weighted by atomic mass is 16.3. The minimum absolute atomic E-state index is 0.213. The van der Waals surface area contributed by atoms with Crippen LogP contribution in [0, 0.1) is 27.7 Å². The summed E-state index contributed by atoms with van der Waals surface area (Å²) in [5.74, 6) is 0.915. The quantitative estimate of drug-likeness (QED) is 0.872. The van der Waals surface area contributed by atoms with E-state index in [0.717, 1.165) is 22.6 Å². The molecule has 0 aliphatic rings. The minimum Gasteiger partial charge on any atom is -0.456 e. The van der Waals surface area contributed by atoms with E-state index in [2.05, 4.69) is 5.32 Å². The molecule has 94 valence electrons. The molecular formula is C15H17NO2. The smallest absolute Gasteiger partial charge is 0.291 e. The average Bonchev–Trinajstić information content (AvgIpc) is 2.65. The van der Waals surface area contributed by atoms with Gasteiger partial charge in [0.1, 0.15) is 5.76 Å². The summed E-state index contributed by atoms with van der Waals surface area (Å²) in [6.07, 6.45) is 0. The Kier molecular flexibility index (Phi) is 3.24. The Morgan fingerprint density at radius 3 is 2.28 bits per heavy atom. The van der Waals surface area contributed by atoms with Crippen molar-refractivity contribution in [1.29, 1.82) is 0 Å². The first-order chi connectivity index (χ1) is 8.47. The van der Waals surface area contributed by atoms with Crippen molar-refractivity contribution in [3.63, 3.8) is 0 Å². The van der Waals surface area contributed by atoms with Gasteiger partial charge in [0, 0.05) is 5.69 Å². The first kappa shape index (κ1) is 12.4. The van der Waals surface area contributed by atoms with Gasteiger partial charge in [-0.1, -0.05) is 6.07 Å². The van der Waals surface area contributed by atoms with Crippen molar-refractivity contribution < 1.29 is 9.21 Å². The molecule has 1 heterocycles. The number of benzene rings is 1. The zero-order valence-electron chi connectivity index (χ0n) is 11.1. The summed E-state index contributed by atoms with van der Waals surface area (Å²) in [5, 5.41) is 2.83. The standard InChI is InChI=1S/C15H17NO2/c1-9-5-6-13(7-10(9)2)16-15(17)14-8-11(3)12(4)18-14/h5-8H,1-4H3,(H,16,17). The summed E-state index contributed by atoms with van der Waals surface area (Å²) in [5.41, 5.74) is 4.13. The van der Waals surface area contributed by atoms with Gasteiger partial charge in [-0.3, -0.25) is 4.79 Å². The van der Waals surface area contributed by atoms with Crippen LogP contribution in [-0.2, 0) is 0 Å². The Labute approximate surface area is 107 Å². The van der Waals surface area contributed by atoms with Gasteiger partial charge in [-0.25, -0.2) is 0 Å². The number of amides is 1. The third kappa shape index (κ3) is 2.45. The normalized spacial score (nSPS) is 10.4. The summed E-state index contributed by atoms with van der Waals surface area (Å²) in [6.45, 7) is 7.83. The summed E-state index contributed by atoms with van der Waals surface area (Å²) in [6, 6.07) is 7.59. The number of nitrogens with one attached hydrogen (secondary N) is 1. The largest absolute Gasteiger partial charge is 0.456 e. The zero-order valence-corrected chi connectivity index (χ0v) is 11.1. The third-order valence-corrected chi connectivity index (χ3v) is 3.15. The summed E-state index contributed by atoms with van der Waals surface area (Å²) >= 11 is 0. The van der Waals surface area contributed by atoms with Crippen LogP contribution in [0.3, 0.4) is 0 Å². The molecule has 3 heteroatoms. The van der Waals surface area contributed by atoms with Crippen molar-refractivity contribution >= 4 is 11.6 Å². The number of anilines is 1. The van der Waals surface area contributed by atoms with Gasteiger partial charge < -0.3 is 9.73 Å². The lowest BCUT2D eigenvalue weighted by atomic mass is 10.1. The van der Waals surface area contributed by atoms with E-state index in [9.17, 15) is 4.79 Å². The van der Waals surface area contributed by atoms with Gasteiger partial charge >= 0.3 is 0 Å². The molecule has 1 amide bonds. The van der Waals surface area contributed by atoms with E-state index in [4.69, 9.17) is 4.42 Å². The fraction of sp³-hybridized carbons (Fsp3) is 0.267. The molecule has 0 bridgehead atoms. The Morgan fingerprint density at radius 2 is 1.72 bits per heavy atom. The molecule has 0 unspecified atom stereocenters. The maximum absolute atomic E-state index is 12.0. The van der Waals surface area contributed by atoms with Crippen molar-refractivity contribution in [2.45, 2.75) is 27.7 Å². The molecule has 2 rings (SSSR count). The molecular weight excluding hydrogens is 226 g/mol. The maximum Gasteiger partial charge on any atom is 0.291 e. The SMILES string of the molecule is Cc1ccc(NC(=O)c2cc(C)c(C)o2)cc1C. The van der Waals surface area contributed by atoms with E-state index >= 15 is 0 Å². The predicted molar refractivity (Wildman–Crippen MR) is 72.1 cm³/mol. The van der Waals surface area contributed by atoms with Crippen molar-refractivity contribution in [2.24, 2.45) is 0 Å². The molecule has 18 heavy (non-hydrogen) atoms. The number of rotatable bonds is 2. The lowest BCUT2D eigenvalue weighted by Gasteiger charge is -2.06. The molecule has 0 spiro atoms. The predicted octanol–water partition coefficient (Wildman–Crippen LogP) is 3.77. The van der Waals surface area contributed by atoms with Crippen molar-refractivity contribution in [2.75, 3.05) is 5.32 Å². The molecule has 1 aromatic heterocycles. The highest BCUT2D eigenvalue weighted by Crippen LogP contribution is 2.17. The lowest BCUT2D eigenvalue weighted by molar-refractivity contribution is 0.0995. The van der Waals surface area contributed by atoms with Gasteiger partial charge in [0.25, 0.3) is 5.91 Å². The van der Waals surface area contributed by atoms with E-state index in [0.29, 0.717) is 5.76 Å². The first-order valence-electron chi connectivity index (χ1n) is 5.93. The van der Waals surface area contributed by atoms with Crippen LogP contribution in [0.1, 0.15) is 33.0 Å².